The molecule has 1 atom stereocenters. The number of methoxy groups -OCH3 is 1. The number of ether oxygens (including phenoxy) is 1. The molecule has 5 nitrogen and oxygen atoms in total. The van der Waals surface area contributed by atoms with Gasteiger partial charge in [0.15, 0.2) is 0 Å². The Morgan fingerprint density at radius 2 is 1.71 bits per heavy atom. The summed E-state index contributed by atoms with van der Waals surface area (Å²) in [5, 5.41) is 5.44. The lowest BCUT2D eigenvalue weighted by molar-refractivity contribution is -0.136. The van der Waals surface area contributed by atoms with Gasteiger partial charge >= 0.3 is 12.0 Å². The van der Waals surface area contributed by atoms with Crippen LogP contribution in [0.4, 0.5) is 4.79 Å². The molecule has 1 aliphatic rings. The summed E-state index contributed by atoms with van der Waals surface area (Å²) < 4.78 is 4.86. The topological polar surface area (TPSA) is 67.4 Å². The van der Waals surface area contributed by atoms with Crippen LogP contribution in [-0.2, 0) is 9.53 Å². The first kappa shape index (κ1) is 15.1. The van der Waals surface area contributed by atoms with Gasteiger partial charge in [-0.25, -0.2) is 9.59 Å². The van der Waals surface area contributed by atoms with E-state index in [0.717, 1.165) is 22.3 Å². The van der Waals surface area contributed by atoms with Crippen LogP contribution in [0, 0.1) is 20.8 Å². The number of carbonyl (C=O) groups is 2. The summed E-state index contributed by atoms with van der Waals surface area (Å²) in [6.07, 6.45) is 0. The van der Waals surface area contributed by atoms with E-state index in [1.165, 1.54) is 7.11 Å². The second kappa shape index (κ2) is 5.60. The van der Waals surface area contributed by atoms with Crippen LogP contribution in [0.15, 0.2) is 23.4 Å². The fraction of sp³-hybridized carbons (Fsp3) is 0.375. The number of rotatable bonds is 2. The number of esters is 1. The molecule has 0 radical (unpaired) electrons. The van der Waals surface area contributed by atoms with Gasteiger partial charge in [0.25, 0.3) is 0 Å². The van der Waals surface area contributed by atoms with Gasteiger partial charge in [0.2, 0.25) is 0 Å². The van der Waals surface area contributed by atoms with Gasteiger partial charge in [-0.1, -0.05) is 17.7 Å². The largest absolute Gasteiger partial charge is 0.466 e. The normalized spacial score (nSPS) is 18.1. The van der Waals surface area contributed by atoms with Crippen molar-refractivity contribution < 1.29 is 14.3 Å². The molecule has 1 heterocycles. The van der Waals surface area contributed by atoms with Gasteiger partial charge in [-0.05, 0) is 44.4 Å². The van der Waals surface area contributed by atoms with Gasteiger partial charge in [-0.15, -0.1) is 0 Å². The zero-order chi connectivity index (χ0) is 15.7. The quantitative estimate of drug-likeness (QED) is 0.821. The Kier molecular flexibility index (Phi) is 4.02. The minimum atomic E-state index is -0.494. The fourth-order valence-electron chi connectivity index (χ4n) is 2.94. The van der Waals surface area contributed by atoms with E-state index >= 15 is 0 Å². The first-order chi connectivity index (χ1) is 9.85. The van der Waals surface area contributed by atoms with Crippen LogP contribution in [0.2, 0.25) is 0 Å². The summed E-state index contributed by atoms with van der Waals surface area (Å²) in [6, 6.07) is 3.28. The Balaban J connectivity index is 2.62. The van der Waals surface area contributed by atoms with E-state index in [-0.39, 0.29) is 6.03 Å². The number of hydrogen-bond donors (Lipinski definition) is 2. The van der Waals surface area contributed by atoms with Crippen molar-refractivity contribution in [2.75, 3.05) is 7.11 Å². The third-order valence-electron chi connectivity index (χ3n) is 3.70. The minimum Gasteiger partial charge on any atom is -0.466 e. The minimum absolute atomic E-state index is 0.315. The van der Waals surface area contributed by atoms with Crippen molar-refractivity contribution >= 4 is 12.0 Å². The van der Waals surface area contributed by atoms with E-state index in [1.807, 2.05) is 32.9 Å². The highest BCUT2D eigenvalue weighted by Crippen LogP contribution is 2.32. The van der Waals surface area contributed by atoms with Crippen molar-refractivity contribution in [1.29, 1.82) is 0 Å². The zero-order valence-corrected chi connectivity index (χ0v) is 13.0. The lowest BCUT2D eigenvalue weighted by Gasteiger charge is -2.30. The van der Waals surface area contributed by atoms with Crippen LogP contribution >= 0.6 is 0 Å². The lowest BCUT2D eigenvalue weighted by Crippen LogP contribution is -2.45. The number of carbonyl (C=O) groups excluding carboxylic acids is 2. The van der Waals surface area contributed by atoms with Crippen molar-refractivity contribution in [3.05, 3.63) is 45.7 Å². The molecule has 2 N–H and O–H groups in total. The zero-order valence-electron chi connectivity index (χ0n) is 13.0. The monoisotopic (exact) mass is 288 g/mol. The van der Waals surface area contributed by atoms with Crippen LogP contribution in [0.3, 0.4) is 0 Å². The molecular formula is C16H20N2O3. The number of hydrogen-bond acceptors (Lipinski definition) is 3. The maximum Gasteiger partial charge on any atom is 0.337 e. The summed E-state index contributed by atoms with van der Waals surface area (Å²) in [7, 11) is 1.34. The van der Waals surface area contributed by atoms with E-state index in [0.29, 0.717) is 11.3 Å². The molecule has 21 heavy (non-hydrogen) atoms. The second-order valence-corrected chi connectivity index (χ2v) is 5.37. The van der Waals surface area contributed by atoms with Gasteiger partial charge in [0, 0.05) is 5.70 Å². The molecule has 1 unspecified atom stereocenters. The number of nitrogens with one attached hydrogen (secondary N) is 2. The van der Waals surface area contributed by atoms with Crippen LogP contribution in [0.25, 0.3) is 0 Å². The Labute approximate surface area is 124 Å². The average Bonchev–Trinajstić information content (AvgIpc) is 2.36. The molecule has 112 valence electrons. The van der Waals surface area contributed by atoms with Crippen LogP contribution in [-0.4, -0.2) is 19.1 Å². The van der Waals surface area contributed by atoms with Crippen molar-refractivity contribution in [3.63, 3.8) is 0 Å². The van der Waals surface area contributed by atoms with Crippen molar-refractivity contribution in [2.24, 2.45) is 0 Å². The van der Waals surface area contributed by atoms with E-state index in [4.69, 9.17) is 4.74 Å². The molecule has 1 aromatic carbocycles. The van der Waals surface area contributed by atoms with Gasteiger partial charge in [-0.2, -0.15) is 0 Å². The smallest absolute Gasteiger partial charge is 0.337 e. The van der Waals surface area contributed by atoms with Gasteiger partial charge in [0.1, 0.15) is 0 Å². The Morgan fingerprint density at radius 3 is 2.24 bits per heavy atom. The van der Waals surface area contributed by atoms with Gasteiger partial charge in [0.05, 0.1) is 18.7 Å². The van der Waals surface area contributed by atoms with Crippen LogP contribution in [0.5, 0.6) is 0 Å². The molecule has 5 heteroatoms. The number of benzene rings is 1. The Hall–Kier alpha value is -2.30. The molecule has 2 rings (SSSR count). The summed E-state index contributed by atoms with van der Waals surface area (Å²) >= 11 is 0. The lowest BCUT2D eigenvalue weighted by atomic mass is 9.88. The molecule has 1 aromatic rings. The fourth-order valence-corrected chi connectivity index (χ4v) is 2.94. The maximum absolute atomic E-state index is 12.1. The van der Waals surface area contributed by atoms with Gasteiger partial charge in [-0.3, -0.25) is 0 Å². The molecule has 0 aliphatic carbocycles. The second-order valence-electron chi connectivity index (χ2n) is 5.37. The number of amides is 2. The van der Waals surface area contributed by atoms with Crippen molar-refractivity contribution in [2.45, 2.75) is 33.7 Å². The van der Waals surface area contributed by atoms with Crippen LogP contribution < -0.4 is 10.6 Å². The van der Waals surface area contributed by atoms with Crippen molar-refractivity contribution in [3.8, 4) is 0 Å². The standard InChI is InChI=1S/C16H20N2O3/c1-8-6-9(2)12(10(3)7-8)14-13(15(19)21-5)11(4)17-16(20)18-14/h6-7,14H,1-5H3,(H2,17,18,20). The van der Waals surface area contributed by atoms with E-state index in [1.54, 1.807) is 6.92 Å². The first-order valence-corrected chi connectivity index (χ1v) is 6.79. The number of aryl methyl sites for hydroxylation is 3. The predicted molar refractivity (Wildman–Crippen MR) is 79.8 cm³/mol. The molecular weight excluding hydrogens is 268 g/mol. The predicted octanol–water partition coefficient (Wildman–Crippen LogP) is 2.41. The molecule has 0 spiro atoms. The molecule has 0 bridgehead atoms. The molecule has 0 saturated heterocycles. The first-order valence-electron chi connectivity index (χ1n) is 6.79. The average molecular weight is 288 g/mol. The molecule has 0 fully saturated rings. The number of allylic oxidation sites excluding steroid dienone is 1. The molecule has 0 aromatic heterocycles. The highest BCUT2D eigenvalue weighted by atomic mass is 16.5. The third-order valence-corrected chi connectivity index (χ3v) is 3.70. The molecule has 1 aliphatic heterocycles. The van der Waals surface area contributed by atoms with E-state index in [9.17, 15) is 9.59 Å². The summed E-state index contributed by atoms with van der Waals surface area (Å²) in [6.45, 7) is 7.69. The molecule has 2 amide bonds. The maximum atomic E-state index is 12.1. The summed E-state index contributed by atoms with van der Waals surface area (Å²) in [5.74, 6) is -0.440. The molecule has 0 saturated carbocycles. The number of urea groups is 1. The third kappa shape index (κ3) is 2.77. The SMILES string of the molecule is COC(=O)C1=C(C)NC(=O)NC1c1c(C)cc(C)cc1C. The summed E-state index contributed by atoms with van der Waals surface area (Å²) in [4.78, 5) is 23.9. The van der Waals surface area contributed by atoms with E-state index in [2.05, 4.69) is 10.6 Å². The van der Waals surface area contributed by atoms with Crippen molar-refractivity contribution in [1.82, 2.24) is 10.6 Å². The van der Waals surface area contributed by atoms with Crippen LogP contribution in [0.1, 0.15) is 35.2 Å². The van der Waals surface area contributed by atoms with E-state index < -0.39 is 12.0 Å². The Morgan fingerprint density at radius 1 is 1.14 bits per heavy atom. The Bertz CT molecular complexity index is 624. The highest BCUT2D eigenvalue weighted by Gasteiger charge is 2.33. The summed E-state index contributed by atoms with van der Waals surface area (Å²) in [5.41, 5.74) is 5.12. The highest BCUT2D eigenvalue weighted by molar-refractivity contribution is 5.95. The van der Waals surface area contributed by atoms with Gasteiger partial charge < -0.3 is 15.4 Å².